The van der Waals surface area contributed by atoms with Gasteiger partial charge in [0, 0.05) is 11.6 Å². The minimum absolute atomic E-state index is 0.0334. The second kappa shape index (κ2) is 4.59. The largest absolute Gasteiger partial charge is 0.394 e. The zero-order valence-corrected chi connectivity index (χ0v) is 9.75. The van der Waals surface area contributed by atoms with E-state index in [2.05, 4.69) is 5.32 Å². The van der Waals surface area contributed by atoms with Crippen LogP contribution in [-0.2, 0) is 6.42 Å². The fourth-order valence-corrected chi connectivity index (χ4v) is 1.69. The monoisotopic (exact) mass is 250 g/mol. The van der Waals surface area contributed by atoms with Crippen molar-refractivity contribution in [1.82, 2.24) is 0 Å². The molecule has 0 aromatic heterocycles. The van der Waals surface area contributed by atoms with Crippen molar-refractivity contribution in [2.24, 2.45) is 0 Å². The zero-order chi connectivity index (χ0) is 12.4. The summed E-state index contributed by atoms with van der Waals surface area (Å²) in [5.41, 5.74) is 5.63. The molecule has 0 amide bonds. The molecule has 0 saturated carbocycles. The molecule has 0 heterocycles. The topological polar surface area (TPSA) is 72.2 Å². The van der Waals surface area contributed by atoms with E-state index in [-0.39, 0.29) is 11.4 Å². The molecular formula is C12H11ClN2O2. The van der Waals surface area contributed by atoms with Gasteiger partial charge in [-0.25, -0.2) is 0 Å². The van der Waals surface area contributed by atoms with Crippen molar-refractivity contribution in [1.29, 1.82) is 0 Å². The zero-order valence-electron chi connectivity index (χ0n) is 9.00. The van der Waals surface area contributed by atoms with Gasteiger partial charge in [-0.3, -0.25) is 9.59 Å². The molecule has 4 nitrogen and oxygen atoms in total. The second-order valence-corrected chi connectivity index (χ2v) is 4.19. The van der Waals surface area contributed by atoms with Crippen molar-refractivity contribution < 1.29 is 0 Å². The van der Waals surface area contributed by atoms with Gasteiger partial charge < -0.3 is 11.1 Å². The van der Waals surface area contributed by atoms with Gasteiger partial charge in [-0.15, -0.1) is 0 Å². The first-order chi connectivity index (χ1) is 8.09. The Bertz CT molecular complexity index is 598. The van der Waals surface area contributed by atoms with Gasteiger partial charge in [0.05, 0.1) is 0 Å². The van der Waals surface area contributed by atoms with Crippen LogP contribution in [0.4, 0.5) is 11.4 Å². The summed E-state index contributed by atoms with van der Waals surface area (Å²) in [7, 11) is 0. The van der Waals surface area contributed by atoms with Crippen LogP contribution in [0, 0.1) is 0 Å². The number of nitrogens with one attached hydrogen (secondary N) is 1. The average molecular weight is 251 g/mol. The highest BCUT2D eigenvalue weighted by atomic mass is 35.5. The predicted molar refractivity (Wildman–Crippen MR) is 69.4 cm³/mol. The molecule has 0 unspecified atom stereocenters. The maximum atomic E-state index is 11.1. The summed E-state index contributed by atoms with van der Waals surface area (Å²) in [5.74, 6) is 0. The fraction of sp³-hybridized carbons (Fsp3) is 0.167. The molecule has 3 N–H and O–H groups in total. The van der Waals surface area contributed by atoms with Crippen molar-refractivity contribution in [2.45, 2.75) is 6.42 Å². The molecule has 0 saturated heterocycles. The van der Waals surface area contributed by atoms with E-state index in [9.17, 15) is 9.59 Å². The van der Waals surface area contributed by atoms with E-state index in [1.807, 2.05) is 24.3 Å². The number of halogens is 1. The van der Waals surface area contributed by atoms with Gasteiger partial charge in [0.1, 0.15) is 11.4 Å². The molecule has 88 valence electrons. The van der Waals surface area contributed by atoms with Gasteiger partial charge in [0.15, 0.2) is 0 Å². The highest BCUT2D eigenvalue weighted by molar-refractivity contribution is 6.30. The normalized spacial score (nSPS) is 10.6. The van der Waals surface area contributed by atoms with Crippen LogP contribution >= 0.6 is 11.6 Å². The maximum Gasteiger partial charge on any atom is 0.253 e. The first-order valence-corrected chi connectivity index (χ1v) is 5.54. The van der Waals surface area contributed by atoms with Gasteiger partial charge in [0.25, 0.3) is 10.9 Å². The number of hydrogen-bond acceptors (Lipinski definition) is 4. The van der Waals surface area contributed by atoms with Crippen molar-refractivity contribution in [3.05, 3.63) is 55.3 Å². The van der Waals surface area contributed by atoms with E-state index in [4.69, 9.17) is 17.3 Å². The lowest BCUT2D eigenvalue weighted by atomic mass is 10.1. The predicted octanol–water partition coefficient (Wildman–Crippen LogP) is 1.17. The summed E-state index contributed by atoms with van der Waals surface area (Å²) in [6.07, 6.45) is 0.732. The maximum absolute atomic E-state index is 11.1. The Kier molecular flexibility index (Phi) is 3.15. The van der Waals surface area contributed by atoms with Crippen molar-refractivity contribution in [2.75, 3.05) is 17.6 Å². The van der Waals surface area contributed by atoms with Gasteiger partial charge in [0.2, 0.25) is 0 Å². The molecule has 5 heteroatoms. The van der Waals surface area contributed by atoms with Crippen LogP contribution in [0.25, 0.3) is 0 Å². The van der Waals surface area contributed by atoms with E-state index in [1.54, 1.807) is 0 Å². The first-order valence-electron chi connectivity index (χ1n) is 5.16. The van der Waals surface area contributed by atoms with Gasteiger partial charge in [-0.1, -0.05) is 23.7 Å². The smallest absolute Gasteiger partial charge is 0.253 e. The van der Waals surface area contributed by atoms with E-state index in [0.717, 1.165) is 12.0 Å². The fourth-order valence-electron chi connectivity index (χ4n) is 1.57. The average Bonchev–Trinajstić information content (AvgIpc) is 2.35. The van der Waals surface area contributed by atoms with Crippen LogP contribution in [0.5, 0.6) is 0 Å². The van der Waals surface area contributed by atoms with E-state index >= 15 is 0 Å². The molecule has 2 rings (SSSR count). The Labute approximate surface area is 103 Å². The van der Waals surface area contributed by atoms with Crippen molar-refractivity contribution in [3.8, 4) is 0 Å². The number of benzene rings is 1. The lowest BCUT2D eigenvalue weighted by Gasteiger charge is -2.09. The Morgan fingerprint density at radius 1 is 1.12 bits per heavy atom. The lowest BCUT2D eigenvalue weighted by molar-refractivity contribution is 1.01. The minimum Gasteiger partial charge on any atom is -0.394 e. The number of anilines is 2. The number of rotatable bonds is 4. The molecule has 0 spiro atoms. The van der Waals surface area contributed by atoms with Gasteiger partial charge in [-0.2, -0.15) is 0 Å². The minimum atomic E-state index is -0.598. The van der Waals surface area contributed by atoms with E-state index in [1.165, 1.54) is 0 Å². The highest BCUT2D eigenvalue weighted by Crippen LogP contribution is 2.11. The molecule has 2 aromatic rings. The van der Waals surface area contributed by atoms with Crippen LogP contribution < -0.4 is 21.9 Å². The summed E-state index contributed by atoms with van der Waals surface area (Å²) < 4.78 is 0. The molecule has 0 fully saturated rings. The summed E-state index contributed by atoms with van der Waals surface area (Å²) in [4.78, 5) is 21.9. The third kappa shape index (κ3) is 2.31. The summed E-state index contributed by atoms with van der Waals surface area (Å²) in [5, 5.41) is 3.55. The van der Waals surface area contributed by atoms with E-state index in [0.29, 0.717) is 11.6 Å². The molecule has 17 heavy (non-hydrogen) atoms. The molecule has 0 aliphatic rings. The number of nitrogen functional groups attached to an aromatic ring is 1. The van der Waals surface area contributed by atoms with Gasteiger partial charge >= 0.3 is 0 Å². The Morgan fingerprint density at radius 3 is 2.35 bits per heavy atom. The third-order valence-electron chi connectivity index (χ3n) is 2.58. The molecule has 0 aliphatic carbocycles. The van der Waals surface area contributed by atoms with Gasteiger partial charge in [-0.05, 0) is 24.1 Å². The molecule has 0 atom stereocenters. The number of hydrogen-bond donors (Lipinski definition) is 2. The standard InChI is InChI=1S/C12H11ClN2O2/c13-8-3-1-7(2-4-8)5-6-15-10-9(14)11(16)12(10)17/h1-4,15H,5-6,14H2. The van der Waals surface area contributed by atoms with Crippen molar-refractivity contribution >= 4 is 23.0 Å². The Balaban J connectivity index is 1.91. The lowest BCUT2D eigenvalue weighted by Crippen LogP contribution is -2.37. The van der Waals surface area contributed by atoms with Crippen molar-refractivity contribution in [3.63, 3.8) is 0 Å². The van der Waals surface area contributed by atoms with Crippen LogP contribution in [0.3, 0.4) is 0 Å². The van der Waals surface area contributed by atoms with Crippen LogP contribution in [0.1, 0.15) is 5.56 Å². The van der Waals surface area contributed by atoms with Crippen LogP contribution in [-0.4, -0.2) is 6.54 Å². The summed E-state index contributed by atoms with van der Waals surface area (Å²) in [6.45, 7) is 0.552. The Morgan fingerprint density at radius 2 is 1.76 bits per heavy atom. The van der Waals surface area contributed by atoms with E-state index < -0.39 is 10.9 Å². The second-order valence-electron chi connectivity index (χ2n) is 3.75. The summed E-state index contributed by atoms with van der Waals surface area (Å²) >= 11 is 5.76. The van der Waals surface area contributed by atoms with Crippen LogP contribution in [0.2, 0.25) is 5.02 Å². The SMILES string of the molecule is Nc1c(NCCc2ccc(Cl)cc2)c(=O)c1=O. The summed E-state index contributed by atoms with van der Waals surface area (Å²) in [6, 6.07) is 7.44. The Hall–Kier alpha value is -1.81. The molecule has 0 aliphatic heterocycles. The molecule has 2 aromatic carbocycles. The van der Waals surface area contributed by atoms with Crippen LogP contribution in [0.15, 0.2) is 33.9 Å². The first kappa shape index (κ1) is 11.7. The highest BCUT2D eigenvalue weighted by Gasteiger charge is 2.16. The quantitative estimate of drug-likeness (QED) is 0.799. The molecule has 0 bridgehead atoms. The molecular weight excluding hydrogens is 240 g/mol. The number of nitrogens with two attached hydrogens (primary N) is 1. The third-order valence-corrected chi connectivity index (χ3v) is 2.83. The molecule has 0 radical (unpaired) electrons.